The summed E-state index contributed by atoms with van der Waals surface area (Å²) in [6.07, 6.45) is 0. The Morgan fingerprint density at radius 3 is 2.35 bits per heavy atom. The molecule has 1 amide bonds. The van der Waals surface area contributed by atoms with Crippen LogP contribution in [0, 0.1) is 13.8 Å². The summed E-state index contributed by atoms with van der Waals surface area (Å²) in [5.41, 5.74) is 2.50. The predicted octanol–water partition coefficient (Wildman–Crippen LogP) is 3.23. The number of benzene rings is 1. The van der Waals surface area contributed by atoms with Gasteiger partial charge in [-0.05, 0) is 40.2 Å². The molecule has 5 heteroatoms. The zero-order valence-electron chi connectivity index (χ0n) is 14.4. The normalized spacial score (nSPS) is 11.2. The minimum absolute atomic E-state index is 0.129. The fourth-order valence-electron chi connectivity index (χ4n) is 2.11. The quantitative estimate of drug-likeness (QED) is 0.909. The maximum atomic E-state index is 12.3. The molecule has 0 spiro atoms. The minimum atomic E-state index is -0.201. The van der Waals surface area contributed by atoms with E-state index in [1.165, 1.54) is 5.56 Å². The SMILES string of the molecule is Cc1ccc(CNC(=O)c2cc(NC(C)(C)C)nc(C)n2)cc1. The smallest absolute Gasteiger partial charge is 0.270 e. The summed E-state index contributed by atoms with van der Waals surface area (Å²) in [4.78, 5) is 20.9. The molecule has 0 radical (unpaired) electrons. The molecule has 0 atom stereocenters. The van der Waals surface area contributed by atoms with E-state index in [0.29, 0.717) is 23.9 Å². The molecule has 0 aliphatic heterocycles. The van der Waals surface area contributed by atoms with Gasteiger partial charge in [0, 0.05) is 18.2 Å². The molecule has 1 heterocycles. The maximum absolute atomic E-state index is 12.3. The third-order valence-corrected chi connectivity index (χ3v) is 3.15. The number of aryl methyl sites for hydroxylation is 2. The van der Waals surface area contributed by atoms with Crippen molar-refractivity contribution in [1.29, 1.82) is 0 Å². The van der Waals surface area contributed by atoms with Crippen molar-refractivity contribution in [2.45, 2.75) is 46.7 Å². The maximum Gasteiger partial charge on any atom is 0.270 e. The van der Waals surface area contributed by atoms with Crippen LogP contribution in [0.25, 0.3) is 0 Å². The Morgan fingerprint density at radius 1 is 1.09 bits per heavy atom. The van der Waals surface area contributed by atoms with Gasteiger partial charge in [-0.25, -0.2) is 9.97 Å². The van der Waals surface area contributed by atoms with E-state index in [2.05, 4.69) is 20.6 Å². The van der Waals surface area contributed by atoms with Gasteiger partial charge in [0.05, 0.1) is 0 Å². The molecule has 0 fully saturated rings. The number of hydrogen-bond acceptors (Lipinski definition) is 4. The molecule has 0 unspecified atom stereocenters. The van der Waals surface area contributed by atoms with Crippen molar-refractivity contribution in [3.05, 3.63) is 53.0 Å². The van der Waals surface area contributed by atoms with Crippen LogP contribution in [0.4, 0.5) is 5.82 Å². The summed E-state index contributed by atoms with van der Waals surface area (Å²) in [5, 5.41) is 6.16. The van der Waals surface area contributed by atoms with Crippen LogP contribution < -0.4 is 10.6 Å². The summed E-state index contributed by atoms with van der Waals surface area (Å²) >= 11 is 0. The molecule has 122 valence electrons. The molecule has 1 aromatic carbocycles. The van der Waals surface area contributed by atoms with Crippen molar-refractivity contribution in [3.63, 3.8) is 0 Å². The van der Waals surface area contributed by atoms with Gasteiger partial charge in [0.25, 0.3) is 5.91 Å². The number of anilines is 1. The molecule has 1 aromatic heterocycles. The third-order valence-electron chi connectivity index (χ3n) is 3.15. The molecule has 5 nitrogen and oxygen atoms in total. The van der Waals surface area contributed by atoms with Crippen LogP contribution >= 0.6 is 0 Å². The average Bonchev–Trinajstić information content (AvgIpc) is 2.44. The van der Waals surface area contributed by atoms with E-state index in [-0.39, 0.29) is 11.4 Å². The summed E-state index contributed by atoms with van der Waals surface area (Å²) in [6.45, 7) is 10.4. The molecule has 0 saturated heterocycles. The van der Waals surface area contributed by atoms with E-state index < -0.39 is 0 Å². The van der Waals surface area contributed by atoms with Crippen molar-refractivity contribution in [3.8, 4) is 0 Å². The monoisotopic (exact) mass is 312 g/mol. The van der Waals surface area contributed by atoms with Crippen LogP contribution in [0.3, 0.4) is 0 Å². The molecular formula is C18H24N4O. The van der Waals surface area contributed by atoms with Gasteiger partial charge in [0.1, 0.15) is 17.3 Å². The fraction of sp³-hybridized carbons (Fsp3) is 0.389. The summed E-state index contributed by atoms with van der Waals surface area (Å²) < 4.78 is 0. The van der Waals surface area contributed by atoms with Crippen LogP contribution in [0.5, 0.6) is 0 Å². The second kappa shape index (κ2) is 6.77. The first kappa shape index (κ1) is 16.9. The van der Waals surface area contributed by atoms with E-state index in [1.54, 1.807) is 13.0 Å². The lowest BCUT2D eigenvalue weighted by Crippen LogP contribution is -2.28. The third kappa shape index (κ3) is 5.36. The average molecular weight is 312 g/mol. The predicted molar refractivity (Wildman–Crippen MR) is 92.5 cm³/mol. The highest BCUT2D eigenvalue weighted by molar-refractivity contribution is 5.92. The van der Waals surface area contributed by atoms with E-state index in [0.717, 1.165) is 5.56 Å². The van der Waals surface area contributed by atoms with E-state index in [1.807, 2.05) is 52.0 Å². The molecule has 0 bridgehead atoms. The molecule has 23 heavy (non-hydrogen) atoms. The fourth-order valence-corrected chi connectivity index (χ4v) is 2.11. The molecular weight excluding hydrogens is 288 g/mol. The Labute approximate surface area is 137 Å². The lowest BCUT2D eigenvalue weighted by Gasteiger charge is -2.21. The minimum Gasteiger partial charge on any atom is -0.365 e. The van der Waals surface area contributed by atoms with Gasteiger partial charge in [-0.3, -0.25) is 4.79 Å². The number of rotatable bonds is 4. The summed E-state index contributed by atoms with van der Waals surface area (Å²) in [5.74, 6) is 1.03. The Kier molecular flexibility index (Phi) is 4.98. The second-order valence-electron chi connectivity index (χ2n) is 6.73. The molecule has 0 aliphatic carbocycles. The van der Waals surface area contributed by atoms with Gasteiger partial charge in [-0.1, -0.05) is 29.8 Å². The van der Waals surface area contributed by atoms with Gasteiger partial charge in [-0.2, -0.15) is 0 Å². The number of carbonyl (C=O) groups is 1. The van der Waals surface area contributed by atoms with Crippen molar-refractivity contribution in [1.82, 2.24) is 15.3 Å². The Morgan fingerprint density at radius 2 is 1.74 bits per heavy atom. The zero-order chi connectivity index (χ0) is 17.0. The van der Waals surface area contributed by atoms with E-state index in [9.17, 15) is 4.79 Å². The highest BCUT2D eigenvalue weighted by Gasteiger charge is 2.14. The summed E-state index contributed by atoms with van der Waals surface area (Å²) in [7, 11) is 0. The van der Waals surface area contributed by atoms with Gasteiger partial charge in [0.15, 0.2) is 0 Å². The van der Waals surface area contributed by atoms with Crippen molar-refractivity contribution >= 4 is 11.7 Å². The highest BCUT2D eigenvalue weighted by atomic mass is 16.1. The summed E-state index contributed by atoms with van der Waals surface area (Å²) in [6, 6.07) is 9.76. The topological polar surface area (TPSA) is 66.9 Å². The molecule has 0 aliphatic rings. The number of amides is 1. The van der Waals surface area contributed by atoms with Gasteiger partial charge >= 0.3 is 0 Å². The van der Waals surface area contributed by atoms with E-state index >= 15 is 0 Å². The lowest BCUT2D eigenvalue weighted by atomic mass is 10.1. The number of nitrogens with zero attached hydrogens (tertiary/aromatic N) is 2. The van der Waals surface area contributed by atoms with Crippen LogP contribution in [0.2, 0.25) is 0 Å². The molecule has 2 N–H and O–H groups in total. The second-order valence-corrected chi connectivity index (χ2v) is 6.73. The van der Waals surface area contributed by atoms with Crippen LogP contribution in [-0.2, 0) is 6.54 Å². The molecule has 0 saturated carbocycles. The Hall–Kier alpha value is -2.43. The zero-order valence-corrected chi connectivity index (χ0v) is 14.4. The van der Waals surface area contributed by atoms with Crippen molar-refractivity contribution in [2.24, 2.45) is 0 Å². The van der Waals surface area contributed by atoms with Gasteiger partial charge < -0.3 is 10.6 Å². The number of hydrogen-bond donors (Lipinski definition) is 2. The first-order valence-corrected chi connectivity index (χ1v) is 7.70. The first-order valence-electron chi connectivity index (χ1n) is 7.70. The lowest BCUT2D eigenvalue weighted by molar-refractivity contribution is 0.0945. The van der Waals surface area contributed by atoms with Crippen molar-refractivity contribution in [2.75, 3.05) is 5.32 Å². The van der Waals surface area contributed by atoms with Crippen LogP contribution in [-0.4, -0.2) is 21.4 Å². The number of aromatic nitrogens is 2. The molecule has 2 aromatic rings. The highest BCUT2D eigenvalue weighted by Crippen LogP contribution is 2.13. The Balaban J connectivity index is 2.08. The van der Waals surface area contributed by atoms with Gasteiger partial charge in [0.2, 0.25) is 0 Å². The van der Waals surface area contributed by atoms with Gasteiger partial charge in [-0.15, -0.1) is 0 Å². The van der Waals surface area contributed by atoms with Crippen LogP contribution in [0.15, 0.2) is 30.3 Å². The van der Waals surface area contributed by atoms with Crippen molar-refractivity contribution < 1.29 is 4.79 Å². The number of nitrogens with one attached hydrogen (secondary N) is 2. The molecule has 2 rings (SSSR count). The standard InChI is InChI=1S/C18H24N4O/c1-12-6-8-14(9-7-12)11-19-17(23)15-10-16(21-13(2)20-15)22-18(3,4)5/h6-10H,11H2,1-5H3,(H,19,23)(H,20,21,22). The van der Waals surface area contributed by atoms with E-state index in [4.69, 9.17) is 0 Å². The number of carbonyl (C=O) groups excluding carboxylic acids is 1. The van der Waals surface area contributed by atoms with Crippen LogP contribution in [0.1, 0.15) is 48.2 Å². The first-order chi connectivity index (χ1) is 10.7. The Bertz CT molecular complexity index is 687. The largest absolute Gasteiger partial charge is 0.365 e.